The van der Waals surface area contributed by atoms with E-state index in [1.807, 2.05) is 49.4 Å². The Morgan fingerprint density at radius 3 is 2.04 bits per heavy atom. The van der Waals surface area contributed by atoms with Gasteiger partial charge in [-0.05, 0) is 60.4 Å². The first-order valence-electron chi connectivity index (χ1n) is 8.91. The predicted octanol–water partition coefficient (Wildman–Crippen LogP) is 5.83. The highest BCUT2D eigenvalue weighted by Gasteiger charge is 2.36. The van der Waals surface area contributed by atoms with Crippen LogP contribution in [0.4, 0.5) is 0 Å². The maximum absolute atomic E-state index is 12.6. The van der Waals surface area contributed by atoms with Crippen LogP contribution >= 0.6 is 0 Å². The minimum absolute atomic E-state index is 0.128. The summed E-state index contributed by atoms with van der Waals surface area (Å²) in [6.07, 6.45) is 0. The summed E-state index contributed by atoms with van der Waals surface area (Å²) in [5.74, 6) is 0.249. The molecule has 0 unspecified atom stereocenters. The monoisotopic (exact) mass is 342 g/mol. The van der Waals surface area contributed by atoms with E-state index in [1.54, 1.807) is 0 Å². The molecule has 0 aliphatic heterocycles. The Kier molecular flexibility index (Phi) is 3.73. The van der Waals surface area contributed by atoms with Gasteiger partial charge in [0.25, 0.3) is 0 Å². The van der Waals surface area contributed by atoms with E-state index >= 15 is 0 Å². The van der Waals surface area contributed by atoms with Crippen molar-refractivity contribution in [3.63, 3.8) is 0 Å². The fraction of sp³-hybridized carbons (Fsp3) is 0.208. The lowest BCUT2D eigenvalue weighted by Crippen LogP contribution is -2.16. The van der Waals surface area contributed by atoms with Crippen LogP contribution in [0.3, 0.4) is 0 Å². The normalized spacial score (nSPS) is 13.8. The Morgan fingerprint density at radius 1 is 0.769 bits per heavy atom. The first-order chi connectivity index (χ1) is 12.4. The second-order valence-corrected chi connectivity index (χ2v) is 7.64. The summed E-state index contributed by atoms with van der Waals surface area (Å²) in [4.78, 5) is 12.6. The van der Waals surface area contributed by atoms with Crippen molar-refractivity contribution in [2.24, 2.45) is 0 Å². The van der Waals surface area contributed by atoms with Crippen LogP contribution in [0.1, 0.15) is 46.5 Å². The third-order valence-electron chi connectivity index (χ3n) is 5.30. The second-order valence-electron chi connectivity index (χ2n) is 7.64. The summed E-state index contributed by atoms with van der Waals surface area (Å²) >= 11 is 0. The van der Waals surface area contributed by atoms with Crippen LogP contribution in [0.5, 0.6) is 5.75 Å². The molecule has 0 heterocycles. The van der Waals surface area contributed by atoms with Crippen molar-refractivity contribution < 1.29 is 9.53 Å². The molecular formula is C24H22O2. The lowest BCUT2D eigenvalue weighted by molar-refractivity contribution is 0.0734. The summed E-state index contributed by atoms with van der Waals surface area (Å²) in [5, 5.41) is 0. The SMILES string of the molecule is Cc1ccc(OC(=O)c2ccc3c(c2)C(C)(C)c2cc(C)ccc2-3)cc1. The molecule has 3 aromatic carbocycles. The van der Waals surface area contributed by atoms with Gasteiger partial charge in [-0.25, -0.2) is 4.79 Å². The third-order valence-corrected chi connectivity index (χ3v) is 5.30. The first kappa shape index (κ1) is 16.6. The molecule has 0 amide bonds. The molecule has 4 rings (SSSR count). The molecule has 0 spiro atoms. The van der Waals surface area contributed by atoms with Gasteiger partial charge >= 0.3 is 5.97 Å². The van der Waals surface area contributed by atoms with Gasteiger partial charge in [-0.2, -0.15) is 0 Å². The van der Waals surface area contributed by atoms with Gasteiger partial charge < -0.3 is 4.74 Å². The van der Waals surface area contributed by atoms with Gasteiger partial charge in [-0.1, -0.05) is 61.4 Å². The van der Waals surface area contributed by atoms with E-state index < -0.39 is 0 Å². The molecule has 2 heteroatoms. The van der Waals surface area contributed by atoms with Crippen LogP contribution < -0.4 is 4.74 Å². The van der Waals surface area contributed by atoms with Gasteiger partial charge in [0.1, 0.15) is 5.75 Å². The molecule has 0 N–H and O–H groups in total. The van der Waals surface area contributed by atoms with E-state index in [2.05, 4.69) is 39.0 Å². The van der Waals surface area contributed by atoms with E-state index in [0.717, 1.165) is 5.56 Å². The number of ether oxygens (including phenoxy) is 1. The molecule has 130 valence electrons. The van der Waals surface area contributed by atoms with Crippen LogP contribution in [-0.4, -0.2) is 5.97 Å². The van der Waals surface area contributed by atoms with Gasteiger partial charge in [0.2, 0.25) is 0 Å². The largest absolute Gasteiger partial charge is 0.423 e. The molecule has 0 aromatic heterocycles. The van der Waals surface area contributed by atoms with Crippen LogP contribution in [0.2, 0.25) is 0 Å². The third kappa shape index (κ3) is 2.62. The number of benzene rings is 3. The number of hydrogen-bond donors (Lipinski definition) is 0. The van der Waals surface area contributed by atoms with Gasteiger partial charge in [0.05, 0.1) is 5.56 Å². The summed E-state index contributed by atoms with van der Waals surface area (Å²) < 4.78 is 5.54. The molecule has 0 atom stereocenters. The predicted molar refractivity (Wildman–Crippen MR) is 105 cm³/mol. The fourth-order valence-electron chi connectivity index (χ4n) is 3.75. The Balaban J connectivity index is 1.70. The fourth-order valence-corrected chi connectivity index (χ4v) is 3.75. The number of fused-ring (bicyclic) bond motifs is 3. The second kappa shape index (κ2) is 5.84. The van der Waals surface area contributed by atoms with E-state index in [-0.39, 0.29) is 11.4 Å². The maximum Gasteiger partial charge on any atom is 0.343 e. The zero-order chi connectivity index (χ0) is 18.5. The molecule has 1 aliphatic rings. The van der Waals surface area contributed by atoms with Crippen LogP contribution in [-0.2, 0) is 5.41 Å². The van der Waals surface area contributed by atoms with E-state index in [1.165, 1.54) is 27.8 Å². The zero-order valence-corrected chi connectivity index (χ0v) is 15.6. The molecule has 2 nitrogen and oxygen atoms in total. The summed E-state index contributed by atoms with van der Waals surface area (Å²) in [5.41, 5.74) is 7.80. The molecule has 0 radical (unpaired) electrons. The Labute approximate surface area is 154 Å². The summed E-state index contributed by atoms with van der Waals surface area (Å²) in [6.45, 7) is 8.55. The molecule has 0 saturated heterocycles. The molecule has 3 aromatic rings. The van der Waals surface area contributed by atoms with Crippen LogP contribution in [0.15, 0.2) is 60.7 Å². The van der Waals surface area contributed by atoms with E-state index in [9.17, 15) is 4.79 Å². The number of rotatable bonds is 2. The number of carbonyl (C=O) groups is 1. The average molecular weight is 342 g/mol. The highest BCUT2D eigenvalue weighted by atomic mass is 16.5. The zero-order valence-electron chi connectivity index (χ0n) is 15.6. The average Bonchev–Trinajstić information content (AvgIpc) is 2.84. The Bertz CT molecular complexity index is 1010. The van der Waals surface area contributed by atoms with Crippen molar-refractivity contribution in [1.29, 1.82) is 0 Å². The minimum Gasteiger partial charge on any atom is -0.423 e. The molecule has 0 fully saturated rings. The molecule has 26 heavy (non-hydrogen) atoms. The number of carbonyl (C=O) groups excluding carboxylic acids is 1. The smallest absolute Gasteiger partial charge is 0.343 e. The molecular weight excluding hydrogens is 320 g/mol. The summed E-state index contributed by atoms with van der Waals surface area (Å²) in [7, 11) is 0. The standard InChI is InChI=1S/C24H22O2/c1-15-5-9-18(10-6-15)26-23(25)17-8-12-20-19-11-7-16(2)13-21(19)24(3,4)22(20)14-17/h5-14H,1-4H3. The van der Waals surface area contributed by atoms with Crippen molar-refractivity contribution in [2.75, 3.05) is 0 Å². The molecule has 0 bridgehead atoms. The number of hydrogen-bond acceptors (Lipinski definition) is 2. The van der Waals surface area contributed by atoms with Crippen molar-refractivity contribution in [1.82, 2.24) is 0 Å². The topological polar surface area (TPSA) is 26.3 Å². The highest BCUT2D eigenvalue weighted by Crippen LogP contribution is 2.49. The van der Waals surface area contributed by atoms with Gasteiger partial charge in [0, 0.05) is 5.41 Å². The van der Waals surface area contributed by atoms with Crippen LogP contribution in [0, 0.1) is 13.8 Å². The molecule has 1 aliphatic carbocycles. The minimum atomic E-state index is -0.320. The van der Waals surface area contributed by atoms with Crippen molar-refractivity contribution >= 4 is 5.97 Å². The van der Waals surface area contributed by atoms with E-state index in [4.69, 9.17) is 4.74 Å². The quantitative estimate of drug-likeness (QED) is 0.433. The van der Waals surface area contributed by atoms with Gasteiger partial charge in [-0.15, -0.1) is 0 Å². The van der Waals surface area contributed by atoms with Crippen LogP contribution in [0.25, 0.3) is 11.1 Å². The summed E-state index contributed by atoms with van der Waals surface area (Å²) in [6, 6.07) is 20.0. The first-order valence-corrected chi connectivity index (χ1v) is 8.91. The van der Waals surface area contributed by atoms with E-state index in [0.29, 0.717) is 11.3 Å². The lowest BCUT2D eigenvalue weighted by atomic mass is 9.81. The van der Waals surface area contributed by atoms with Gasteiger partial charge in [-0.3, -0.25) is 0 Å². The lowest BCUT2D eigenvalue weighted by Gasteiger charge is -2.22. The number of esters is 1. The number of aryl methyl sites for hydroxylation is 2. The van der Waals surface area contributed by atoms with Gasteiger partial charge in [0.15, 0.2) is 0 Å². The highest BCUT2D eigenvalue weighted by molar-refractivity contribution is 5.93. The van der Waals surface area contributed by atoms with Crippen molar-refractivity contribution in [3.05, 3.63) is 88.5 Å². The maximum atomic E-state index is 12.6. The van der Waals surface area contributed by atoms with Crippen molar-refractivity contribution in [2.45, 2.75) is 33.1 Å². The molecule has 0 saturated carbocycles. The Morgan fingerprint density at radius 2 is 1.35 bits per heavy atom. The van der Waals surface area contributed by atoms with Crippen molar-refractivity contribution in [3.8, 4) is 16.9 Å². The Hall–Kier alpha value is -2.87.